The highest BCUT2D eigenvalue weighted by Gasteiger charge is 2.25. The smallest absolute Gasteiger partial charge is 0.320 e. The highest BCUT2D eigenvalue weighted by atomic mass is 16.2. The Morgan fingerprint density at radius 3 is 2.90 bits per heavy atom. The summed E-state index contributed by atoms with van der Waals surface area (Å²) in [6, 6.07) is 3.43. The second kappa shape index (κ2) is 5.68. The van der Waals surface area contributed by atoms with E-state index in [1.165, 1.54) is 12.8 Å². The van der Waals surface area contributed by atoms with Gasteiger partial charge in [-0.3, -0.25) is 10.4 Å². The van der Waals surface area contributed by atoms with E-state index in [0.29, 0.717) is 18.3 Å². The topological polar surface area (TPSA) is 95.6 Å². The molecule has 7 heteroatoms. The summed E-state index contributed by atoms with van der Waals surface area (Å²) in [5, 5.41) is 20.1. The van der Waals surface area contributed by atoms with Crippen LogP contribution < -0.4 is 10.6 Å². The van der Waals surface area contributed by atoms with Crippen molar-refractivity contribution in [2.24, 2.45) is 0 Å². The van der Waals surface area contributed by atoms with Gasteiger partial charge in [0.1, 0.15) is 0 Å². The van der Waals surface area contributed by atoms with Gasteiger partial charge in [-0.2, -0.15) is 10.2 Å². The van der Waals surface area contributed by atoms with E-state index >= 15 is 0 Å². The van der Waals surface area contributed by atoms with Crippen molar-refractivity contribution in [1.29, 1.82) is 0 Å². The molecule has 1 saturated carbocycles. The maximum atomic E-state index is 11.7. The van der Waals surface area contributed by atoms with E-state index < -0.39 is 0 Å². The van der Waals surface area contributed by atoms with Crippen molar-refractivity contribution in [2.75, 3.05) is 11.9 Å². The molecule has 0 radical (unpaired) electrons. The zero-order valence-electron chi connectivity index (χ0n) is 11.0. The lowest BCUT2D eigenvalue weighted by atomic mass is 10.2. The van der Waals surface area contributed by atoms with Gasteiger partial charge in [0.25, 0.3) is 0 Å². The van der Waals surface area contributed by atoms with Crippen molar-refractivity contribution in [3.05, 3.63) is 35.8 Å². The number of amides is 2. The monoisotopic (exact) mass is 272 g/mol. The molecule has 2 aromatic heterocycles. The second-order valence-electron chi connectivity index (χ2n) is 4.86. The van der Waals surface area contributed by atoms with Crippen molar-refractivity contribution in [1.82, 2.24) is 25.7 Å². The lowest BCUT2D eigenvalue weighted by Crippen LogP contribution is -2.30. The van der Waals surface area contributed by atoms with Gasteiger partial charge in [-0.15, -0.1) is 5.10 Å². The van der Waals surface area contributed by atoms with E-state index in [4.69, 9.17) is 0 Å². The fourth-order valence-electron chi connectivity index (χ4n) is 1.90. The van der Waals surface area contributed by atoms with Gasteiger partial charge in [-0.1, -0.05) is 0 Å². The average molecular weight is 272 g/mol. The Labute approximate surface area is 116 Å². The first-order valence-electron chi connectivity index (χ1n) is 6.67. The minimum absolute atomic E-state index is 0.276. The van der Waals surface area contributed by atoms with Crippen molar-refractivity contribution >= 4 is 11.8 Å². The number of hydrogen-bond acceptors (Lipinski definition) is 4. The number of H-pyrrole nitrogens is 1. The SMILES string of the molecule is O=C(NCCc1cn[nH]c1)Nc1ccc(C2CC2)nn1. The molecule has 2 aromatic rings. The summed E-state index contributed by atoms with van der Waals surface area (Å²) in [4.78, 5) is 11.7. The van der Waals surface area contributed by atoms with Crippen LogP contribution in [0.25, 0.3) is 0 Å². The van der Waals surface area contributed by atoms with E-state index in [9.17, 15) is 4.79 Å². The molecular formula is C13H16N6O. The Hall–Kier alpha value is -2.44. The maximum Gasteiger partial charge on any atom is 0.320 e. The Bertz CT molecular complexity index is 561. The average Bonchev–Trinajstić information content (AvgIpc) is 3.17. The molecule has 0 bridgehead atoms. The number of carbonyl (C=O) groups excluding carboxylic acids is 1. The summed E-state index contributed by atoms with van der Waals surface area (Å²) in [6.07, 6.45) is 6.66. The van der Waals surface area contributed by atoms with Gasteiger partial charge in [-0.25, -0.2) is 4.79 Å². The van der Waals surface area contributed by atoms with Crippen LogP contribution in [-0.2, 0) is 6.42 Å². The van der Waals surface area contributed by atoms with Crippen LogP contribution in [0.2, 0.25) is 0 Å². The molecule has 0 spiro atoms. The number of hydrogen-bond donors (Lipinski definition) is 3. The van der Waals surface area contributed by atoms with Crippen LogP contribution in [0, 0.1) is 0 Å². The van der Waals surface area contributed by atoms with Crippen LogP contribution in [-0.4, -0.2) is 33.0 Å². The van der Waals surface area contributed by atoms with Crippen molar-refractivity contribution in [3.8, 4) is 0 Å². The van der Waals surface area contributed by atoms with E-state index in [1.54, 1.807) is 12.3 Å². The Morgan fingerprint density at radius 1 is 1.35 bits per heavy atom. The molecule has 0 aliphatic heterocycles. The predicted molar refractivity (Wildman–Crippen MR) is 73.3 cm³/mol. The molecule has 104 valence electrons. The number of nitrogens with one attached hydrogen (secondary N) is 3. The summed E-state index contributed by atoms with van der Waals surface area (Å²) < 4.78 is 0. The van der Waals surface area contributed by atoms with Gasteiger partial charge in [0.2, 0.25) is 0 Å². The standard InChI is InChI=1S/C13H16N6O/c20-13(14-6-5-9-7-15-16-8-9)17-12-4-3-11(18-19-12)10-1-2-10/h3-4,7-8,10H,1-2,5-6H2,(H,15,16)(H2,14,17,19,20). The predicted octanol–water partition coefficient (Wildman–Crippen LogP) is 1.44. The summed E-state index contributed by atoms with van der Waals surface area (Å²) in [5.41, 5.74) is 2.06. The zero-order valence-corrected chi connectivity index (χ0v) is 11.0. The lowest BCUT2D eigenvalue weighted by molar-refractivity contribution is 0.252. The third kappa shape index (κ3) is 3.31. The Morgan fingerprint density at radius 2 is 2.25 bits per heavy atom. The number of anilines is 1. The molecule has 0 unspecified atom stereocenters. The number of aromatic amines is 1. The fraction of sp³-hybridized carbons (Fsp3) is 0.385. The van der Waals surface area contributed by atoms with Gasteiger partial charge in [0.05, 0.1) is 11.9 Å². The number of aromatic nitrogens is 4. The van der Waals surface area contributed by atoms with E-state index in [1.807, 2.05) is 12.3 Å². The highest BCUT2D eigenvalue weighted by molar-refractivity contribution is 5.88. The summed E-state index contributed by atoms with van der Waals surface area (Å²) in [7, 11) is 0. The molecule has 2 heterocycles. The first kappa shape index (κ1) is 12.6. The van der Waals surface area contributed by atoms with Gasteiger partial charge in [0.15, 0.2) is 5.82 Å². The number of rotatable bonds is 5. The zero-order chi connectivity index (χ0) is 13.8. The largest absolute Gasteiger partial charge is 0.337 e. The summed E-state index contributed by atoms with van der Waals surface area (Å²) in [6.45, 7) is 0.541. The van der Waals surface area contributed by atoms with E-state index in [2.05, 4.69) is 31.0 Å². The molecule has 2 amide bonds. The highest BCUT2D eigenvalue weighted by Crippen LogP contribution is 2.38. The Balaban J connectivity index is 1.43. The Kier molecular flexibility index (Phi) is 3.58. The minimum atomic E-state index is -0.276. The van der Waals surface area contributed by atoms with Crippen LogP contribution in [0.1, 0.15) is 30.0 Å². The normalized spacial score (nSPS) is 14.0. The van der Waals surface area contributed by atoms with Crippen LogP contribution in [0.5, 0.6) is 0 Å². The number of urea groups is 1. The second-order valence-corrected chi connectivity index (χ2v) is 4.86. The van der Waals surface area contributed by atoms with Crippen molar-refractivity contribution < 1.29 is 4.79 Å². The number of carbonyl (C=O) groups is 1. The van der Waals surface area contributed by atoms with Crippen LogP contribution in [0.3, 0.4) is 0 Å². The van der Waals surface area contributed by atoms with E-state index in [-0.39, 0.29) is 6.03 Å². The van der Waals surface area contributed by atoms with Crippen LogP contribution in [0.4, 0.5) is 10.6 Å². The quantitative estimate of drug-likeness (QED) is 0.767. The molecule has 0 atom stereocenters. The fourth-order valence-corrected chi connectivity index (χ4v) is 1.90. The van der Waals surface area contributed by atoms with Gasteiger partial charge in [-0.05, 0) is 37.0 Å². The third-order valence-corrected chi connectivity index (χ3v) is 3.18. The minimum Gasteiger partial charge on any atom is -0.337 e. The van der Waals surface area contributed by atoms with Gasteiger partial charge >= 0.3 is 6.03 Å². The van der Waals surface area contributed by atoms with E-state index in [0.717, 1.165) is 17.7 Å². The number of nitrogens with zero attached hydrogens (tertiary/aromatic N) is 3. The summed E-state index contributed by atoms with van der Waals surface area (Å²) >= 11 is 0. The summed E-state index contributed by atoms with van der Waals surface area (Å²) in [5.74, 6) is 1.04. The van der Waals surface area contributed by atoms with Gasteiger partial charge < -0.3 is 5.32 Å². The third-order valence-electron chi connectivity index (χ3n) is 3.18. The molecule has 3 rings (SSSR count). The molecule has 1 aliphatic carbocycles. The molecule has 1 fully saturated rings. The van der Waals surface area contributed by atoms with Crippen molar-refractivity contribution in [2.45, 2.75) is 25.2 Å². The molecule has 7 nitrogen and oxygen atoms in total. The molecular weight excluding hydrogens is 256 g/mol. The first-order chi connectivity index (χ1) is 9.81. The van der Waals surface area contributed by atoms with Gasteiger partial charge in [0, 0.05) is 18.7 Å². The molecule has 1 aliphatic rings. The first-order valence-corrected chi connectivity index (χ1v) is 6.67. The lowest BCUT2D eigenvalue weighted by Gasteiger charge is -2.06. The van der Waals surface area contributed by atoms with Crippen molar-refractivity contribution in [3.63, 3.8) is 0 Å². The molecule has 0 saturated heterocycles. The molecule has 3 N–H and O–H groups in total. The van der Waals surface area contributed by atoms with Crippen LogP contribution in [0.15, 0.2) is 24.5 Å². The molecule has 20 heavy (non-hydrogen) atoms. The maximum absolute atomic E-state index is 11.7. The molecule has 0 aromatic carbocycles. The van der Waals surface area contributed by atoms with Crippen LogP contribution >= 0.6 is 0 Å².